The van der Waals surface area contributed by atoms with Gasteiger partial charge in [-0.25, -0.2) is 9.59 Å². The molecule has 0 spiro atoms. The van der Waals surface area contributed by atoms with Crippen LogP contribution in [0.15, 0.2) is 54.6 Å². The molecule has 3 rings (SSSR count). The molecule has 0 radical (unpaired) electrons. The van der Waals surface area contributed by atoms with Crippen LogP contribution in [0.3, 0.4) is 0 Å². The van der Waals surface area contributed by atoms with E-state index in [1.54, 1.807) is 43.5 Å². The number of aliphatic carboxylic acids is 1. The van der Waals surface area contributed by atoms with E-state index in [0.29, 0.717) is 61.4 Å². The second kappa shape index (κ2) is 20.7. The molecule has 1 saturated heterocycles. The quantitative estimate of drug-likeness (QED) is 0.0754. The number of piperidine rings is 1. The van der Waals surface area contributed by atoms with Gasteiger partial charge in [0.05, 0.1) is 26.1 Å². The number of nitrogens with one attached hydrogen (secondary N) is 2. The number of aryl methyl sites for hydroxylation is 1. The first-order valence-electron chi connectivity index (χ1n) is 17.7. The minimum Gasteiger partial charge on any atom is -0.493 e. The average molecular weight is 738 g/mol. The summed E-state index contributed by atoms with van der Waals surface area (Å²) >= 11 is 0. The molecule has 288 valence electrons. The third-order valence-corrected chi connectivity index (χ3v) is 8.74. The number of hydrogen-bond acceptors (Lipinski definition) is 11. The number of methoxy groups -OCH3 is 2. The fourth-order valence-electron chi connectivity index (χ4n) is 5.72. The molecule has 0 bridgehead atoms. The highest BCUT2D eigenvalue weighted by Gasteiger charge is 2.42. The second-order valence-corrected chi connectivity index (χ2v) is 13.3. The van der Waals surface area contributed by atoms with Gasteiger partial charge in [-0.2, -0.15) is 0 Å². The number of nitrogens with zero attached hydrogens (tertiary/aromatic N) is 1. The molecule has 2 aromatic carbocycles. The Bertz CT molecular complexity index is 1640. The van der Waals surface area contributed by atoms with Crippen molar-refractivity contribution >= 4 is 41.2 Å². The van der Waals surface area contributed by atoms with Crippen molar-refractivity contribution in [3.05, 3.63) is 65.7 Å². The molecular formula is C39H51N3O11. The van der Waals surface area contributed by atoms with Crippen LogP contribution in [0.25, 0.3) is 0 Å². The Hall–Kier alpha value is -5.24. The Kier molecular flexibility index (Phi) is 16.5. The zero-order valence-corrected chi connectivity index (χ0v) is 31.1. The summed E-state index contributed by atoms with van der Waals surface area (Å²) in [4.78, 5) is 77.9. The lowest BCUT2D eigenvalue weighted by atomic mass is 9.87. The van der Waals surface area contributed by atoms with E-state index in [4.69, 9.17) is 24.1 Å². The molecule has 1 aliphatic rings. The highest BCUT2D eigenvalue weighted by molar-refractivity contribution is 6.38. The third kappa shape index (κ3) is 13.0. The van der Waals surface area contributed by atoms with Crippen molar-refractivity contribution in [2.45, 2.75) is 77.4 Å². The minimum atomic E-state index is -1.35. The maximum absolute atomic E-state index is 14.0. The van der Waals surface area contributed by atoms with E-state index in [1.165, 1.54) is 39.0 Å². The smallest absolute Gasteiger partial charge is 0.330 e. The Labute approximate surface area is 310 Å². The number of anilines is 1. The lowest BCUT2D eigenvalue weighted by molar-refractivity contribution is -0.165. The van der Waals surface area contributed by atoms with Crippen LogP contribution >= 0.6 is 0 Å². The van der Waals surface area contributed by atoms with Gasteiger partial charge in [0.15, 0.2) is 11.5 Å². The van der Waals surface area contributed by atoms with Crippen LogP contribution in [0, 0.1) is 5.41 Å². The second-order valence-electron chi connectivity index (χ2n) is 13.3. The molecule has 2 amide bonds. The van der Waals surface area contributed by atoms with Crippen LogP contribution in [0.5, 0.6) is 11.5 Å². The van der Waals surface area contributed by atoms with Gasteiger partial charge < -0.3 is 39.6 Å². The third-order valence-electron chi connectivity index (χ3n) is 8.74. The molecule has 0 saturated carbocycles. The number of amides is 2. The summed E-state index contributed by atoms with van der Waals surface area (Å²) in [5.74, 6) is -3.45. The number of carboxylic acid groups (broad SMARTS) is 1. The highest BCUT2D eigenvalue weighted by atomic mass is 16.5. The van der Waals surface area contributed by atoms with E-state index >= 15 is 0 Å². The molecule has 14 heteroatoms. The predicted octanol–water partition coefficient (Wildman–Crippen LogP) is 4.41. The van der Waals surface area contributed by atoms with Crippen molar-refractivity contribution < 1.29 is 52.8 Å². The number of benzene rings is 2. The summed E-state index contributed by atoms with van der Waals surface area (Å²) in [7, 11) is 4.86. The summed E-state index contributed by atoms with van der Waals surface area (Å²) in [6.07, 6.45) is 4.42. The number of carbonyl (C=O) groups excluding carboxylic acids is 5. The Morgan fingerprint density at radius 3 is 2.45 bits per heavy atom. The van der Waals surface area contributed by atoms with E-state index in [1.807, 2.05) is 12.1 Å². The number of carbonyl (C=O) groups is 6. The SMILES string of the molecule is CNCC/C=C/C(=O)OCC(C)(C)C(=O)C(=O)N1CCCC[C@H]1C(=O)O[C@H](CCc1ccc(OC)c(OC)c1)c1cccc(NC(=O)CCC(=O)O)c1. The molecule has 3 N–H and O–H groups in total. The summed E-state index contributed by atoms with van der Waals surface area (Å²) in [6.45, 7) is 3.56. The van der Waals surface area contributed by atoms with E-state index < -0.39 is 53.1 Å². The van der Waals surface area contributed by atoms with Crippen molar-refractivity contribution in [3.63, 3.8) is 0 Å². The van der Waals surface area contributed by atoms with Gasteiger partial charge in [-0.15, -0.1) is 0 Å². The summed E-state index contributed by atoms with van der Waals surface area (Å²) in [6, 6.07) is 11.1. The van der Waals surface area contributed by atoms with E-state index in [9.17, 15) is 28.8 Å². The fraction of sp³-hybridized carbons (Fsp3) is 0.487. The minimum absolute atomic E-state index is 0.169. The van der Waals surface area contributed by atoms with E-state index in [-0.39, 0.29) is 32.4 Å². The lowest BCUT2D eigenvalue weighted by Crippen LogP contribution is -2.53. The number of carboxylic acids is 1. The molecule has 53 heavy (non-hydrogen) atoms. The molecule has 1 aliphatic heterocycles. The van der Waals surface area contributed by atoms with Crippen LogP contribution in [-0.4, -0.2) is 92.5 Å². The van der Waals surface area contributed by atoms with Crippen molar-refractivity contribution in [2.24, 2.45) is 5.41 Å². The first-order chi connectivity index (χ1) is 25.3. The van der Waals surface area contributed by atoms with Crippen molar-refractivity contribution in [2.75, 3.05) is 46.3 Å². The summed E-state index contributed by atoms with van der Waals surface area (Å²) < 4.78 is 22.2. The molecule has 1 fully saturated rings. The normalized spacial score (nSPS) is 15.0. The van der Waals surface area contributed by atoms with Crippen LogP contribution in [-0.2, 0) is 44.7 Å². The van der Waals surface area contributed by atoms with Gasteiger partial charge in [-0.05, 0) is 101 Å². The number of esters is 2. The number of likely N-dealkylation sites (tertiary alicyclic amines) is 1. The predicted molar refractivity (Wildman–Crippen MR) is 195 cm³/mol. The fourth-order valence-corrected chi connectivity index (χ4v) is 5.72. The van der Waals surface area contributed by atoms with Crippen molar-refractivity contribution in [1.82, 2.24) is 10.2 Å². The maximum Gasteiger partial charge on any atom is 0.330 e. The van der Waals surface area contributed by atoms with E-state index in [2.05, 4.69) is 10.6 Å². The van der Waals surface area contributed by atoms with Crippen LogP contribution in [0.4, 0.5) is 5.69 Å². The number of ether oxygens (including phenoxy) is 4. The standard InChI is InChI=1S/C39H51N3O11/c1-39(2,25-52-35(46)14-6-8-21-40-3)36(47)37(48)42-22-9-7-13-29(42)38(49)53-30(17-15-26-16-18-31(50-4)32(23-26)51-5)27-11-10-12-28(24-27)41-33(43)19-20-34(44)45/h6,10-12,14,16,18,23-24,29-30,40H,7-9,13,15,17,19-22,25H2,1-5H3,(H,41,43)(H,44,45)/b14-6+/t29-,30+/m0/s1. The molecule has 2 aromatic rings. The van der Waals surface area contributed by atoms with Gasteiger partial charge in [0.25, 0.3) is 5.91 Å². The summed E-state index contributed by atoms with van der Waals surface area (Å²) in [5.41, 5.74) is 0.469. The largest absolute Gasteiger partial charge is 0.493 e. The average Bonchev–Trinajstić information content (AvgIpc) is 3.15. The zero-order valence-electron chi connectivity index (χ0n) is 31.1. The molecule has 1 heterocycles. The Morgan fingerprint density at radius 1 is 1.00 bits per heavy atom. The molecule has 0 aromatic heterocycles. The monoisotopic (exact) mass is 737 g/mol. The topological polar surface area (TPSA) is 187 Å². The Morgan fingerprint density at radius 2 is 1.75 bits per heavy atom. The zero-order chi connectivity index (χ0) is 39.0. The van der Waals surface area contributed by atoms with Crippen LogP contribution < -0.4 is 20.1 Å². The van der Waals surface area contributed by atoms with E-state index in [0.717, 1.165) is 5.56 Å². The van der Waals surface area contributed by atoms with Crippen LogP contribution in [0.2, 0.25) is 0 Å². The molecular weight excluding hydrogens is 686 g/mol. The number of rotatable bonds is 20. The number of hydrogen-bond donors (Lipinski definition) is 3. The summed E-state index contributed by atoms with van der Waals surface area (Å²) in [5, 5.41) is 14.6. The van der Waals surface area contributed by atoms with Crippen molar-refractivity contribution in [3.8, 4) is 11.5 Å². The molecule has 2 atom stereocenters. The number of Topliss-reactive ketones (excluding diaryl/α,β-unsaturated/α-hetero) is 1. The van der Waals surface area contributed by atoms with Crippen molar-refractivity contribution in [1.29, 1.82) is 0 Å². The molecule has 14 nitrogen and oxygen atoms in total. The van der Waals surface area contributed by atoms with Gasteiger partial charge in [0, 0.05) is 24.7 Å². The first-order valence-corrected chi connectivity index (χ1v) is 17.7. The lowest BCUT2D eigenvalue weighted by Gasteiger charge is -2.36. The molecule has 0 aliphatic carbocycles. The first kappa shape index (κ1) is 42.2. The van der Waals surface area contributed by atoms with Gasteiger partial charge in [0.1, 0.15) is 18.8 Å². The van der Waals surface area contributed by atoms with Crippen LogP contribution in [0.1, 0.15) is 76.0 Å². The van der Waals surface area contributed by atoms with Gasteiger partial charge in [-0.3, -0.25) is 19.2 Å². The van der Waals surface area contributed by atoms with Gasteiger partial charge in [-0.1, -0.05) is 24.3 Å². The maximum atomic E-state index is 14.0. The highest BCUT2D eigenvalue weighted by Crippen LogP contribution is 2.32. The van der Waals surface area contributed by atoms with Gasteiger partial charge >= 0.3 is 17.9 Å². The number of ketones is 1. The Balaban J connectivity index is 1.81. The van der Waals surface area contributed by atoms with Gasteiger partial charge in [0.2, 0.25) is 11.7 Å². The molecule has 0 unspecified atom stereocenters.